The van der Waals surface area contributed by atoms with Crippen molar-refractivity contribution in [3.63, 3.8) is 0 Å². The van der Waals surface area contributed by atoms with Crippen molar-refractivity contribution >= 4 is 33.1 Å². The smallest absolute Gasteiger partial charge is 0.265 e. The van der Waals surface area contributed by atoms with Gasteiger partial charge in [-0.1, -0.05) is 11.6 Å². The van der Waals surface area contributed by atoms with E-state index in [1.54, 1.807) is 0 Å². The molecule has 100 valence electrons. The van der Waals surface area contributed by atoms with E-state index in [4.69, 9.17) is 22.4 Å². The third-order valence-electron chi connectivity index (χ3n) is 2.26. The predicted molar refractivity (Wildman–Crippen MR) is 72.6 cm³/mol. The lowest BCUT2D eigenvalue weighted by atomic mass is 10.3. The van der Waals surface area contributed by atoms with Crippen LogP contribution in [-0.2, 0) is 10.0 Å². The Morgan fingerprint density at radius 2 is 1.89 bits per heavy atom. The number of nitrogens with two attached hydrogens (primary N) is 1. The maximum atomic E-state index is 12.1. The summed E-state index contributed by atoms with van der Waals surface area (Å²) in [5.41, 5.74) is 5.81. The highest BCUT2D eigenvalue weighted by Crippen LogP contribution is 2.23. The minimum absolute atomic E-state index is 0.0342. The number of sulfonamides is 1. The Bertz CT molecular complexity index is 702. The van der Waals surface area contributed by atoms with Gasteiger partial charge in [-0.2, -0.15) is 0 Å². The molecule has 19 heavy (non-hydrogen) atoms. The van der Waals surface area contributed by atoms with Gasteiger partial charge in [-0.25, -0.2) is 13.4 Å². The van der Waals surface area contributed by atoms with Gasteiger partial charge in [0, 0.05) is 11.9 Å². The van der Waals surface area contributed by atoms with Gasteiger partial charge in [-0.15, -0.1) is 0 Å². The summed E-state index contributed by atoms with van der Waals surface area (Å²) >= 11 is 5.70. The van der Waals surface area contributed by atoms with Gasteiger partial charge in [-0.3, -0.25) is 4.72 Å². The second kappa shape index (κ2) is 4.94. The number of benzene rings is 1. The van der Waals surface area contributed by atoms with E-state index in [2.05, 4.69) is 9.71 Å². The Morgan fingerprint density at radius 3 is 2.53 bits per heavy atom. The van der Waals surface area contributed by atoms with E-state index in [0.29, 0.717) is 0 Å². The first-order valence-corrected chi connectivity index (χ1v) is 6.97. The zero-order chi connectivity index (χ0) is 14.0. The van der Waals surface area contributed by atoms with Crippen molar-refractivity contribution in [2.75, 3.05) is 10.5 Å². The number of phenols is 1. The van der Waals surface area contributed by atoms with E-state index >= 15 is 0 Å². The summed E-state index contributed by atoms with van der Waals surface area (Å²) in [6, 6.07) is 6.77. The molecule has 0 spiro atoms. The highest BCUT2D eigenvalue weighted by Gasteiger charge is 2.19. The van der Waals surface area contributed by atoms with E-state index in [1.165, 1.54) is 36.5 Å². The molecule has 0 fully saturated rings. The van der Waals surface area contributed by atoms with Gasteiger partial charge >= 0.3 is 0 Å². The summed E-state index contributed by atoms with van der Waals surface area (Å²) in [5.74, 6) is -0.109. The summed E-state index contributed by atoms with van der Waals surface area (Å²) in [6.45, 7) is 0. The number of halogens is 1. The molecule has 0 aliphatic carbocycles. The molecule has 0 saturated heterocycles. The molecule has 2 aromatic rings. The Balaban J connectivity index is 2.37. The van der Waals surface area contributed by atoms with Crippen molar-refractivity contribution in [2.24, 2.45) is 0 Å². The van der Waals surface area contributed by atoms with E-state index < -0.39 is 10.0 Å². The number of nitrogens with one attached hydrogen (secondary N) is 1. The molecule has 0 aliphatic rings. The van der Waals surface area contributed by atoms with Crippen molar-refractivity contribution in [1.29, 1.82) is 0 Å². The predicted octanol–water partition coefficient (Wildman–Crippen LogP) is 1.82. The summed E-state index contributed by atoms with van der Waals surface area (Å²) in [4.78, 5) is 3.49. The van der Waals surface area contributed by atoms with Gasteiger partial charge in [0.05, 0.1) is 5.02 Å². The Kier molecular flexibility index (Phi) is 3.50. The van der Waals surface area contributed by atoms with Crippen molar-refractivity contribution in [2.45, 2.75) is 4.90 Å². The lowest BCUT2D eigenvalue weighted by Gasteiger charge is -2.09. The number of aromatic hydroxyl groups is 1. The molecule has 0 saturated carbocycles. The normalized spacial score (nSPS) is 11.2. The number of rotatable bonds is 3. The first-order chi connectivity index (χ1) is 8.88. The summed E-state index contributed by atoms with van der Waals surface area (Å²) in [7, 11) is -3.88. The molecular formula is C11H10ClN3O3S. The molecule has 2 rings (SSSR count). The number of nitrogens with zero attached hydrogens (tertiary/aromatic N) is 1. The van der Waals surface area contributed by atoms with Crippen molar-refractivity contribution in [1.82, 2.24) is 4.98 Å². The average Bonchev–Trinajstić information content (AvgIpc) is 2.35. The SMILES string of the molecule is Nc1ncc(Cl)cc1S(=O)(=O)Nc1ccc(O)cc1. The monoisotopic (exact) mass is 299 g/mol. The summed E-state index contributed by atoms with van der Waals surface area (Å²) in [5, 5.41) is 9.29. The molecule has 4 N–H and O–H groups in total. The van der Waals surface area contributed by atoms with Crippen LogP contribution in [0.3, 0.4) is 0 Å². The molecule has 6 nitrogen and oxygen atoms in total. The van der Waals surface area contributed by atoms with Crippen LogP contribution in [0.25, 0.3) is 0 Å². The first kappa shape index (κ1) is 13.4. The second-order valence-electron chi connectivity index (χ2n) is 3.69. The maximum absolute atomic E-state index is 12.1. The maximum Gasteiger partial charge on any atom is 0.265 e. The molecule has 1 aromatic heterocycles. The molecule has 1 aromatic carbocycles. The molecular weight excluding hydrogens is 290 g/mol. The zero-order valence-corrected chi connectivity index (χ0v) is 11.1. The number of nitrogen functional groups attached to an aromatic ring is 1. The minimum Gasteiger partial charge on any atom is -0.508 e. The van der Waals surface area contributed by atoms with Crippen LogP contribution in [0.2, 0.25) is 5.02 Å². The van der Waals surface area contributed by atoms with E-state index in [9.17, 15) is 8.42 Å². The highest BCUT2D eigenvalue weighted by molar-refractivity contribution is 7.92. The number of hydrogen-bond acceptors (Lipinski definition) is 5. The number of hydrogen-bond donors (Lipinski definition) is 3. The second-order valence-corrected chi connectivity index (χ2v) is 5.78. The first-order valence-electron chi connectivity index (χ1n) is 5.11. The van der Waals surface area contributed by atoms with Crippen LogP contribution in [-0.4, -0.2) is 18.5 Å². The fraction of sp³-hybridized carbons (Fsp3) is 0. The lowest BCUT2D eigenvalue weighted by molar-refractivity contribution is 0.475. The molecule has 0 unspecified atom stereocenters. The van der Waals surface area contributed by atoms with E-state index in [1.807, 2.05) is 0 Å². The standard InChI is InChI=1S/C11H10ClN3O3S/c12-7-5-10(11(13)14-6-7)19(17,18)15-8-1-3-9(16)4-2-8/h1-6,15-16H,(H2,13,14). The largest absolute Gasteiger partial charge is 0.508 e. The molecule has 0 bridgehead atoms. The van der Waals surface area contributed by atoms with Crippen LogP contribution >= 0.6 is 11.6 Å². The van der Waals surface area contributed by atoms with Gasteiger partial charge in [0.15, 0.2) is 0 Å². The van der Waals surface area contributed by atoms with Crippen LogP contribution in [0.4, 0.5) is 11.5 Å². The highest BCUT2D eigenvalue weighted by atomic mass is 35.5. The summed E-state index contributed by atoms with van der Waals surface area (Å²) in [6.07, 6.45) is 1.26. The third kappa shape index (κ3) is 3.07. The molecule has 0 atom stereocenters. The van der Waals surface area contributed by atoms with E-state index in [0.717, 1.165) is 0 Å². The van der Waals surface area contributed by atoms with Gasteiger partial charge < -0.3 is 10.8 Å². The fourth-order valence-electron chi connectivity index (χ4n) is 1.39. The molecule has 0 aliphatic heterocycles. The Morgan fingerprint density at radius 1 is 1.26 bits per heavy atom. The molecule has 0 radical (unpaired) electrons. The fourth-order valence-corrected chi connectivity index (χ4v) is 2.78. The Labute approximate surface area is 114 Å². The number of aromatic nitrogens is 1. The van der Waals surface area contributed by atoms with Crippen molar-refractivity contribution in [3.05, 3.63) is 41.6 Å². The number of anilines is 2. The average molecular weight is 300 g/mol. The van der Waals surface area contributed by atoms with Crippen LogP contribution in [0, 0.1) is 0 Å². The Hall–Kier alpha value is -1.99. The van der Waals surface area contributed by atoms with Crippen LogP contribution in [0.1, 0.15) is 0 Å². The topological polar surface area (TPSA) is 105 Å². The molecule has 1 heterocycles. The zero-order valence-electron chi connectivity index (χ0n) is 9.54. The number of phenolic OH excluding ortho intramolecular Hbond substituents is 1. The van der Waals surface area contributed by atoms with Gasteiger partial charge in [0.1, 0.15) is 16.5 Å². The van der Waals surface area contributed by atoms with Crippen LogP contribution < -0.4 is 10.5 Å². The quantitative estimate of drug-likeness (QED) is 0.750. The third-order valence-corrected chi connectivity index (χ3v) is 3.87. The van der Waals surface area contributed by atoms with Crippen molar-refractivity contribution in [3.8, 4) is 5.75 Å². The van der Waals surface area contributed by atoms with Crippen LogP contribution in [0.15, 0.2) is 41.4 Å². The van der Waals surface area contributed by atoms with Gasteiger partial charge in [0.25, 0.3) is 10.0 Å². The van der Waals surface area contributed by atoms with Gasteiger partial charge in [0.2, 0.25) is 0 Å². The lowest BCUT2D eigenvalue weighted by Crippen LogP contribution is -2.15. The minimum atomic E-state index is -3.88. The van der Waals surface area contributed by atoms with Gasteiger partial charge in [-0.05, 0) is 30.3 Å². The molecule has 8 heteroatoms. The van der Waals surface area contributed by atoms with Crippen molar-refractivity contribution < 1.29 is 13.5 Å². The summed E-state index contributed by atoms with van der Waals surface area (Å²) < 4.78 is 26.5. The van der Waals surface area contributed by atoms with Crippen LogP contribution in [0.5, 0.6) is 5.75 Å². The number of pyridine rings is 1. The molecule has 0 amide bonds. The van der Waals surface area contributed by atoms with E-state index in [-0.39, 0.29) is 27.2 Å².